The first-order valence-corrected chi connectivity index (χ1v) is 7.07. The number of Topliss-reactive ketones (excluding diaryl/α,β-unsaturated/α-hetero) is 1. The Balaban J connectivity index is 1.71. The Morgan fingerprint density at radius 3 is 2.75 bits per heavy atom. The minimum atomic E-state index is 0.171. The van der Waals surface area contributed by atoms with Crippen LogP contribution in [-0.4, -0.2) is 12.4 Å². The summed E-state index contributed by atoms with van der Waals surface area (Å²) in [6.45, 7) is 2.76. The maximum Gasteiger partial charge on any atom is 0.166 e. The monoisotopic (exact) mass is 266 g/mol. The average molecular weight is 266 g/mol. The summed E-state index contributed by atoms with van der Waals surface area (Å²) >= 11 is 0. The number of fused-ring (bicyclic) bond motifs is 1. The number of aryl methyl sites for hydroxylation is 2. The molecule has 0 radical (unpaired) electrons. The van der Waals surface area contributed by atoms with Crippen LogP contribution in [0, 0.1) is 6.92 Å². The lowest BCUT2D eigenvalue weighted by molar-refractivity contribution is 0.0980. The topological polar surface area (TPSA) is 26.3 Å². The Morgan fingerprint density at radius 1 is 1.15 bits per heavy atom. The molecule has 0 saturated heterocycles. The SMILES string of the molecule is Cc1ccc(CCC(=O)c2cccc3c2OCC3)cc1. The highest BCUT2D eigenvalue weighted by Gasteiger charge is 2.19. The van der Waals surface area contributed by atoms with Gasteiger partial charge in [0.25, 0.3) is 0 Å². The van der Waals surface area contributed by atoms with Crippen molar-refractivity contribution in [1.29, 1.82) is 0 Å². The van der Waals surface area contributed by atoms with E-state index in [2.05, 4.69) is 31.2 Å². The van der Waals surface area contributed by atoms with Crippen molar-refractivity contribution in [3.8, 4) is 5.75 Å². The fraction of sp³-hybridized carbons (Fsp3) is 0.278. The van der Waals surface area contributed by atoms with Crippen LogP contribution in [0.5, 0.6) is 5.75 Å². The zero-order valence-electron chi connectivity index (χ0n) is 11.7. The van der Waals surface area contributed by atoms with Crippen LogP contribution in [0.3, 0.4) is 0 Å². The predicted molar refractivity (Wildman–Crippen MR) is 79.5 cm³/mol. The Hall–Kier alpha value is -2.09. The lowest BCUT2D eigenvalue weighted by Gasteiger charge is -2.07. The van der Waals surface area contributed by atoms with Gasteiger partial charge in [-0.3, -0.25) is 4.79 Å². The van der Waals surface area contributed by atoms with Gasteiger partial charge in [0.2, 0.25) is 0 Å². The zero-order valence-corrected chi connectivity index (χ0v) is 11.7. The smallest absolute Gasteiger partial charge is 0.166 e. The van der Waals surface area contributed by atoms with Crippen molar-refractivity contribution in [2.75, 3.05) is 6.61 Å². The highest BCUT2D eigenvalue weighted by molar-refractivity contribution is 5.99. The Morgan fingerprint density at radius 2 is 1.95 bits per heavy atom. The van der Waals surface area contributed by atoms with E-state index in [9.17, 15) is 4.79 Å². The molecule has 0 spiro atoms. The first-order valence-electron chi connectivity index (χ1n) is 7.07. The summed E-state index contributed by atoms with van der Waals surface area (Å²) in [5.74, 6) is 0.978. The Labute approximate surface area is 119 Å². The number of rotatable bonds is 4. The van der Waals surface area contributed by atoms with Crippen LogP contribution in [0.1, 0.15) is 33.5 Å². The number of carbonyl (C=O) groups is 1. The van der Waals surface area contributed by atoms with Crippen LogP contribution in [0.25, 0.3) is 0 Å². The number of benzene rings is 2. The van der Waals surface area contributed by atoms with Gasteiger partial charge in [0.15, 0.2) is 5.78 Å². The third-order valence-corrected chi connectivity index (χ3v) is 3.78. The molecule has 2 aromatic carbocycles. The Bertz CT molecular complexity index is 626. The van der Waals surface area contributed by atoms with Crippen LogP contribution in [0.15, 0.2) is 42.5 Å². The van der Waals surface area contributed by atoms with Crippen molar-refractivity contribution in [2.24, 2.45) is 0 Å². The van der Waals surface area contributed by atoms with Crippen LogP contribution < -0.4 is 4.74 Å². The van der Waals surface area contributed by atoms with E-state index in [1.165, 1.54) is 11.1 Å². The number of para-hydroxylation sites is 1. The second-order valence-corrected chi connectivity index (χ2v) is 5.30. The molecule has 0 fully saturated rings. The Kier molecular flexibility index (Phi) is 3.55. The number of ether oxygens (including phenoxy) is 1. The van der Waals surface area contributed by atoms with Gasteiger partial charge in [-0.05, 0) is 30.5 Å². The summed E-state index contributed by atoms with van der Waals surface area (Å²) in [6, 6.07) is 14.2. The minimum absolute atomic E-state index is 0.171. The molecule has 2 heteroatoms. The van der Waals surface area contributed by atoms with E-state index >= 15 is 0 Å². The molecule has 0 aliphatic carbocycles. The van der Waals surface area contributed by atoms with E-state index < -0.39 is 0 Å². The van der Waals surface area contributed by atoms with Gasteiger partial charge in [-0.15, -0.1) is 0 Å². The van der Waals surface area contributed by atoms with Gasteiger partial charge in [0.05, 0.1) is 12.2 Å². The van der Waals surface area contributed by atoms with E-state index in [1.807, 2.05) is 18.2 Å². The van der Waals surface area contributed by atoms with Crippen LogP contribution in [0.2, 0.25) is 0 Å². The van der Waals surface area contributed by atoms with Crippen molar-refractivity contribution in [2.45, 2.75) is 26.2 Å². The molecule has 0 unspecified atom stereocenters. The molecule has 102 valence electrons. The van der Waals surface area contributed by atoms with Crippen molar-refractivity contribution in [1.82, 2.24) is 0 Å². The molecule has 0 N–H and O–H groups in total. The lowest BCUT2D eigenvalue weighted by Crippen LogP contribution is -2.03. The third kappa shape index (κ3) is 2.60. The van der Waals surface area contributed by atoms with Gasteiger partial charge >= 0.3 is 0 Å². The second-order valence-electron chi connectivity index (χ2n) is 5.30. The molecule has 0 amide bonds. The molecule has 0 atom stereocenters. The molecule has 1 aliphatic rings. The van der Waals surface area contributed by atoms with Gasteiger partial charge in [0.1, 0.15) is 5.75 Å². The fourth-order valence-corrected chi connectivity index (χ4v) is 2.58. The van der Waals surface area contributed by atoms with Crippen LogP contribution in [0.4, 0.5) is 0 Å². The summed E-state index contributed by atoms with van der Waals surface area (Å²) in [6.07, 6.45) is 2.22. The summed E-state index contributed by atoms with van der Waals surface area (Å²) in [7, 11) is 0. The van der Waals surface area contributed by atoms with E-state index in [0.717, 1.165) is 29.7 Å². The first-order chi connectivity index (χ1) is 9.74. The zero-order chi connectivity index (χ0) is 13.9. The lowest BCUT2D eigenvalue weighted by atomic mass is 9.99. The summed E-state index contributed by atoms with van der Waals surface area (Å²) in [5, 5.41) is 0. The standard InChI is InChI=1S/C18H18O2/c1-13-5-7-14(8-6-13)9-10-17(19)16-4-2-3-15-11-12-20-18(15)16/h2-8H,9-12H2,1H3. The molecular formula is C18H18O2. The van der Waals surface area contributed by atoms with Crippen LogP contribution >= 0.6 is 0 Å². The summed E-state index contributed by atoms with van der Waals surface area (Å²) < 4.78 is 5.60. The van der Waals surface area contributed by atoms with E-state index in [-0.39, 0.29) is 5.78 Å². The number of hydrogen-bond acceptors (Lipinski definition) is 2. The van der Waals surface area contributed by atoms with Crippen molar-refractivity contribution in [3.63, 3.8) is 0 Å². The van der Waals surface area contributed by atoms with E-state index in [4.69, 9.17) is 4.74 Å². The largest absolute Gasteiger partial charge is 0.492 e. The molecule has 1 heterocycles. The van der Waals surface area contributed by atoms with E-state index in [1.54, 1.807) is 0 Å². The molecule has 20 heavy (non-hydrogen) atoms. The fourth-order valence-electron chi connectivity index (χ4n) is 2.58. The summed E-state index contributed by atoms with van der Waals surface area (Å²) in [4.78, 5) is 12.4. The third-order valence-electron chi connectivity index (χ3n) is 3.78. The maximum atomic E-state index is 12.4. The van der Waals surface area contributed by atoms with Gasteiger partial charge in [0, 0.05) is 12.8 Å². The van der Waals surface area contributed by atoms with Gasteiger partial charge in [-0.25, -0.2) is 0 Å². The molecule has 2 nitrogen and oxygen atoms in total. The molecule has 2 aromatic rings. The molecule has 3 rings (SSSR count). The minimum Gasteiger partial charge on any atom is -0.492 e. The number of carbonyl (C=O) groups excluding carboxylic acids is 1. The molecule has 1 aliphatic heterocycles. The summed E-state index contributed by atoms with van der Waals surface area (Å²) in [5.41, 5.74) is 4.35. The van der Waals surface area contributed by atoms with Gasteiger partial charge < -0.3 is 4.74 Å². The van der Waals surface area contributed by atoms with Crippen molar-refractivity contribution >= 4 is 5.78 Å². The quantitative estimate of drug-likeness (QED) is 0.788. The van der Waals surface area contributed by atoms with E-state index in [0.29, 0.717) is 13.0 Å². The van der Waals surface area contributed by atoms with Crippen molar-refractivity contribution < 1.29 is 9.53 Å². The number of hydrogen-bond donors (Lipinski definition) is 0. The first kappa shape index (κ1) is 12.9. The maximum absolute atomic E-state index is 12.4. The highest BCUT2D eigenvalue weighted by Crippen LogP contribution is 2.30. The molecule has 0 bridgehead atoms. The number of ketones is 1. The normalized spacial score (nSPS) is 12.8. The van der Waals surface area contributed by atoms with Crippen LogP contribution in [-0.2, 0) is 12.8 Å². The molecule has 0 aromatic heterocycles. The predicted octanol–water partition coefficient (Wildman–Crippen LogP) is 3.75. The van der Waals surface area contributed by atoms with Gasteiger partial charge in [-0.2, -0.15) is 0 Å². The van der Waals surface area contributed by atoms with Crippen molar-refractivity contribution in [3.05, 3.63) is 64.7 Å². The highest BCUT2D eigenvalue weighted by atomic mass is 16.5. The van der Waals surface area contributed by atoms with Gasteiger partial charge in [-0.1, -0.05) is 42.0 Å². The molecular weight excluding hydrogens is 248 g/mol. The second kappa shape index (κ2) is 5.49. The average Bonchev–Trinajstić information content (AvgIpc) is 2.94. The molecule has 0 saturated carbocycles.